The number of hydrogen-bond donors (Lipinski definition) is 3. The van der Waals surface area contributed by atoms with E-state index in [0.29, 0.717) is 30.1 Å². The van der Waals surface area contributed by atoms with E-state index in [9.17, 15) is 13.2 Å². The van der Waals surface area contributed by atoms with Crippen molar-refractivity contribution in [3.05, 3.63) is 54.1 Å². The predicted octanol–water partition coefficient (Wildman–Crippen LogP) is 1.84. The van der Waals surface area contributed by atoms with Crippen LogP contribution in [0.2, 0.25) is 0 Å². The Bertz CT molecular complexity index is 819. The zero-order valence-corrected chi connectivity index (χ0v) is 15.6. The third kappa shape index (κ3) is 5.47. The number of hydrogen-bond acceptors (Lipinski definition) is 5. The average molecular weight is 377 g/mol. The van der Waals surface area contributed by atoms with Gasteiger partial charge in [-0.1, -0.05) is 6.92 Å². The summed E-state index contributed by atoms with van der Waals surface area (Å²) < 4.78 is 32.4. The van der Waals surface area contributed by atoms with E-state index in [-0.39, 0.29) is 10.8 Å². The first-order valence-corrected chi connectivity index (χ1v) is 9.70. The number of likely N-dealkylation sites (N-methyl/N-ethyl adjacent to an activating group) is 1. The highest BCUT2D eigenvalue weighted by molar-refractivity contribution is 7.92. The molecule has 3 N–H and O–H groups in total. The molecule has 0 radical (unpaired) electrons. The smallest absolute Gasteiger partial charge is 0.261 e. The van der Waals surface area contributed by atoms with Crippen LogP contribution in [0.25, 0.3) is 0 Å². The average Bonchev–Trinajstić information content (AvgIpc) is 2.65. The number of rotatable bonds is 9. The van der Waals surface area contributed by atoms with Gasteiger partial charge in [-0.05, 0) is 55.1 Å². The van der Waals surface area contributed by atoms with Crippen molar-refractivity contribution in [1.29, 1.82) is 0 Å². The summed E-state index contributed by atoms with van der Waals surface area (Å²) in [6.45, 7) is 4.01. The molecule has 0 aliphatic heterocycles. The SMILES string of the molecule is CCNCCNC(=O)c1ccc(S(=O)(=O)Nc2ccc(OC)cc2)cc1. The third-order valence-electron chi connectivity index (χ3n) is 3.61. The van der Waals surface area contributed by atoms with E-state index in [2.05, 4.69) is 15.4 Å². The fourth-order valence-electron chi connectivity index (χ4n) is 2.20. The van der Waals surface area contributed by atoms with Crippen LogP contribution in [0.15, 0.2) is 53.4 Å². The molecule has 7 nitrogen and oxygen atoms in total. The highest BCUT2D eigenvalue weighted by Crippen LogP contribution is 2.19. The van der Waals surface area contributed by atoms with Crippen molar-refractivity contribution in [3.8, 4) is 5.75 Å². The molecule has 8 heteroatoms. The van der Waals surface area contributed by atoms with Gasteiger partial charge in [-0.25, -0.2) is 8.42 Å². The second-order valence-electron chi connectivity index (χ2n) is 5.47. The lowest BCUT2D eigenvalue weighted by Crippen LogP contribution is -2.31. The van der Waals surface area contributed by atoms with Gasteiger partial charge in [0.2, 0.25) is 0 Å². The summed E-state index contributed by atoms with van der Waals surface area (Å²) >= 11 is 0. The number of anilines is 1. The molecular weight excluding hydrogens is 354 g/mol. The number of amides is 1. The van der Waals surface area contributed by atoms with Gasteiger partial charge < -0.3 is 15.4 Å². The Morgan fingerprint density at radius 2 is 1.65 bits per heavy atom. The van der Waals surface area contributed by atoms with Gasteiger partial charge in [-0.3, -0.25) is 9.52 Å². The van der Waals surface area contributed by atoms with Gasteiger partial charge in [0.25, 0.3) is 15.9 Å². The molecule has 0 aromatic heterocycles. The minimum absolute atomic E-state index is 0.0810. The molecule has 0 spiro atoms. The number of carbonyl (C=O) groups excluding carboxylic acids is 1. The van der Waals surface area contributed by atoms with E-state index >= 15 is 0 Å². The molecule has 26 heavy (non-hydrogen) atoms. The fourth-order valence-corrected chi connectivity index (χ4v) is 3.26. The second kappa shape index (κ2) is 9.21. The molecule has 0 aliphatic carbocycles. The zero-order chi connectivity index (χ0) is 19.0. The van der Waals surface area contributed by atoms with Gasteiger partial charge >= 0.3 is 0 Å². The summed E-state index contributed by atoms with van der Waals surface area (Å²) in [5.41, 5.74) is 0.834. The van der Waals surface area contributed by atoms with Crippen LogP contribution < -0.4 is 20.1 Å². The van der Waals surface area contributed by atoms with Crippen LogP contribution in [0.3, 0.4) is 0 Å². The van der Waals surface area contributed by atoms with Crippen molar-refractivity contribution in [2.75, 3.05) is 31.5 Å². The van der Waals surface area contributed by atoms with Gasteiger partial charge in [-0.2, -0.15) is 0 Å². The maximum atomic E-state index is 12.4. The van der Waals surface area contributed by atoms with Crippen LogP contribution >= 0.6 is 0 Å². The quantitative estimate of drug-likeness (QED) is 0.580. The standard InChI is InChI=1S/C18H23N3O4S/c1-3-19-12-13-20-18(22)14-4-10-17(11-5-14)26(23,24)21-15-6-8-16(25-2)9-7-15/h4-11,19,21H,3,12-13H2,1-2H3,(H,20,22). The summed E-state index contributed by atoms with van der Waals surface area (Å²) in [5.74, 6) is 0.396. The van der Waals surface area contributed by atoms with E-state index in [4.69, 9.17) is 4.74 Å². The van der Waals surface area contributed by atoms with Crippen LogP contribution in [0, 0.1) is 0 Å². The number of methoxy groups -OCH3 is 1. The Kier molecular flexibility index (Phi) is 6.99. The highest BCUT2D eigenvalue weighted by atomic mass is 32.2. The van der Waals surface area contributed by atoms with E-state index < -0.39 is 10.0 Å². The lowest BCUT2D eigenvalue weighted by Gasteiger charge is -2.10. The number of carbonyl (C=O) groups is 1. The Hall–Kier alpha value is -2.58. The molecule has 0 saturated carbocycles. The minimum atomic E-state index is -3.73. The minimum Gasteiger partial charge on any atom is -0.497 e. The Morgan fingerprint density at radius 1 is 1.00 bits per heavy atom. The summed E-state index contributed by atoms with van der Waals surface area (Å²) in [7, 11) is -2.19. The molecule has 0 atom stereocenters. The van der Waals surface area contributed by atoms with Gasteiger partial charge in [0.15, 0.2) is 0 Å². The summed E-state index contributed by atoms with van der Waals surface area (Å²) in [5, 5.41) is 5.87. The molecule has 2 aromatic carbocycles. The van der Waals surface area contributed by atoms with Crippen LogP contribution in [0.5, 0.6) is 5.75 Å². The Morgan fingerprint density at radius 3 is 2.23 bits per heavy atom. The first kappa shape index (κ1) is 19.7. The van der Waals surface area contributed by atoms with Gasteiger partial charge in [0.1, 0.15) is 5.75 Å². The Balaban J connectivity index is 2.02. The van der Waals surface area contributed by atoms with Crippen LogP contribution in [0.4, 0.5) is 5.69 Å². The zero-order valence-electron chi connectivity index (χ0n) is 14.8. The lowest BCUT2D eigenvalue weighted by molar-refractivity contribution is 0.0954. The van der Waals surface area contributed by atoms with Crippen LogP contribution in [-0.2, 0) is 10.0 Å². The number of sulfonamides is 1. The molecule has 0 saturated heterocycles. The number of ether oxygens (including phenoxy) is 1. The van der Waals surface area contributed by atoms with E-state index in [1.807, 2.05) is 6.92 Å². The van der Waals surface area contributed by atoms with Gasteiger partial charge in [0, 0.05) is 24.3 Å². The molecule has 2 aromatic rings. The van der Waals surface area contributed by atoms with Gasteiger partial charge in [-0.15, -0.1) is 0 Å². The number of benzene rings is 2. The fraction of sp³-hybridized carbons (Fsp3) is 0.278. The first-order chi connectivity index (χ1) is 12.5. The molecule has 0 fully saturated rings. The highest BCUT2D eigenvalue weighted by Gasteiger charge is 2.15. The predicted molar refractivity (Wildman–Crippen MR) is 101 cm³/mol. The molecule has 0 heterocycles. The van der Waals surface area contributed by atoms with E-state index in [1.165, 1.54) is 31.4 Å². The number of nitrogens with one attached hydrogen (secondary N) is 3. The largest absolute Gasteiger partial charge is 0.497 e. The van der Waals surface area contributed by atoms with E-state index in [0.717, 1.165) is 6.54 Å². The molecular formula is C18H23N3O4S. The lowest BCUT2D eigenvalue weighted by atomic mass is 10.2. The third-order valence-corrected chi connectivity index (χ3v) is 5.00. The maximum Gasteiger partial charge on any atom is 0.261 e. The molecule has 0 aliphatic rings. The van der Waals surface area contributed by atoms with Crippen molar-refractivity contribution in [1.82, 2.24) is 10.6 Å². The molecule has 1 amide bonds. The first-order valence-electron chi connectivity index (χ1n) is 8.22. The monoisotopic (exact) mass is 377 g/mol. The Labute approximate surface area is 153 Å². The topological polar surface area (TPSA) is 96.5 Å². The molecule has 0 bridgehead atoms. The molecule has 0 unspecified atom stereocenters. The summed E-state index contributed by atoms with van der Waals surface area (Å²) in [6, 6.07) is 12.4. The summed E-state index contributed by atoms with van der Waals surface area (Å²) in [6.07, 6.45) is 0. The van der Waals surface area contributed by atoms with Crippen LogP contribution in [-0.4, -0.2) is 41.1 Å². The van der Waals surface area contributed by atoms with Crippen molar-refractivity contribution in [2.45, 2.75) is 11.8 Å². The normalized spacial score (nSPS) is 11.0. The van der Waals surface area contributed by atoms with E-state index in [1.54, 1.807) is 24.3 Å². The van der Waals surface area contributed by atoms with Crippen LogP contribution in [0.1, 0.15) is 17.3 Å². The summed E-state index contributed by atoms with van der Waals surface area (Å²) in [4.78, 5) is 12.1. The second-order valence-corrected chi connectivity index (χ2v) is 7.15. The molecule has 140 valence electrons. The van der Waals surface area contributed by atoms with Crippen molar-refractivity contribution in [3.63, 3.8) is 0 Å². The van der Waals surface area contributed by atoms with Crippen molar-refractivity contribution >= 4 is 21.6 Å². The maximum absolute atomic E-state index is 12.4. The van der Waals surface area contributed by atoms with Crippen molar-refractivity contribution in [2.24, 2.45) is 0 Å². The van der Waals surface area contributed by atoms with Gasteiger partial charge in [0.05, 0.1) is 12.0 Å². The molecule has 2 rings (SSSR count). The van der Waals surface area contributed by atoms with Crippen molar-refractivity contribution < 1.29 is 17.9 Å².